The van der Waals surface area contributed by atoms with Gasteiger partial charge in [0.25, 0.3) is 0 Å². The molecule has 1 aliphatic carbocycles. The number of rotatable bonds is 2. The number of halogens is 1. The first kappa shape index (κ1) is 20.7. The van der Waals surface area contributed by atoms with E-state index in [4.69, 9.17) is 0 Å². The third-order valence-electron chi connectivity index (χ3n) is 7.07. The van der Waals surface area contributed by atoms with E-state index in [9.17, 15) is 9.59 Å². The molecule has 7 heteroatoms. The van der Waals surface area contributed by atoms with Crippen LogP contribution in [-0.2, 0) is 4.79 Å². The smallest absolute Gasteiger partial charge is 0.317 e. The molecule has 0 bridgehead atoms. The van der Waals surface area contributed by atoms with Gasteiger partial charge in [0.15, 0.2) is 0 Å². The third kappa shape index (κ3) is 4.89. The summed E-state index contributed by atoms with van der Waals surface area (Å²) in [7, 11) is 0. The molecule has 4 rings (SSSR count). The van der Waals surface area contributed by atoms with Gasteiger partial charge >= 0.3 is 6.03 Å². The van der Waals surface area contributed by atoms with Crippen molar-refractivity contribution in [3.63, 3.8) is 0 Å². The average molecular weight is 399 g/mol. The molecule has 2 N–H and O–H groups in total. The maximum absolute atomic E-state index is 13.1. The Kier molecular flexibility index (Phi) is 7.26. The molecular weight excluding hydrogens is 364 g/mol. The number of nitrogens with one attached hydrogen (secondary N) is 2. The minimum Gasteiger partial charge on any atom is -0.342 e. The summed E-state index contributed by atoms with van der Waals surface area (Å²) in [4.78, 5) is 29.6. The van der Waals surface area contributed by atoms with Gasteiger partial charge in [0, 0.05) is 32.2 Å². The van der Waals surface area contributed by atoms with Crippen LogP contribution in [0.25, 0.3) is 0 Å². The largest absolute Gasteiger partial charge is 0.342 e. The molecular formula is C20H35ClN4O2. The highest BCUT2D eigenvalue weighted by Gasteiger charge is 2.35. The van der Waals surface area contributed by atoms with Gasteiger partial charge in [0.2, 0.25) is 5.91 Å². The van der Waals surface area contributed by atoms with Crippen molar-refractivity contribution in [3.8, 4) is 0 Å². The number of urea groups is 1. The van der Waals surface area contributed by atoms with E-state index >= 15 is 0 Å². The van der Waals surface area contributed by atoms with Gasteiger partial charge < -0.3 is 20.4 Å². The Labute approximate surface area is 169 Å². The predicted molar refractivity (Wildman–Crippen MR) is 108 cm³/mol. The zero-order valence-electron chi connectivity index (χ0n) is 16.3. The molecule has 3 heterocycles. The summed E-state index contributed by atoms with van der Waals surface area (Å²) in [5.74, 6) is 1.77. The zero-order valence-corrected chi connectivity index (χ0v) is 17.1. The molecule has 1 saturated carbocycles. The molecule has 3 atom stereocenters. The summed E-state index contributed by atoms with van der Waals surface area (Å²) in [6.45, 7) is 5.41. The van der Waals surface area contributed by atoms with Crippen molar-refractivity contribution in [3.05, 3.63) is 0 Å². The summed E-state index contributed by atoms with van der Waals surface area (Å²) >= 11 is 0. The van der Waals surface area contributed by atoms with Crippen LogP contribution in [-0.4, -0.2) is 67.0 Å². The Bertz CT molecular complexity index is 512. The fraction of sp³-hybridized carbons (Fsp3) is 0.900. The fourth-order valence-corrected chi connectivity index (χ4v) is 5.40. The van der Waals surface area contributed by atoms with Crippen LogP contribution in [0.4, 0.5) is 4.79 Å². The minimum absolute atomic E-state index is 0. The first-order chi connectivity index (χ1) is 12.7. The van der Waals surface area contributed by atoms with Gasteiger partial charge in [-0.1, -0.05) is 12.8 Å². The van der Waals surface area contributed by atoms with Crippen molar-refractivity contribution >= 4 is 24.3 Å². The minimum atomic E-state index is -0.00542. The van der Waals surface area contributed by atoms with Gasteiger partial charge in [-0.15, -0.1) is 12.4 Å². The molecule has 4 aliphatic rings. The topological polar surface area (TPSA) is 64.7 Å². The van der Waals surface area contributed by atoms with Gasteiger partial charge in [0.1, 0.15) is 0 Å². The molecule has 3 aliphatic heterocycles. The highest BCUT2D eigenvalue weighted by atomic mass is 35.5. The maximum Gasteiger partial charge on any atom is 0.317 e. The predicted octanol–water partition coefficient (Wildman–Crippen LogP) is 2.23. The molecule has 3 amide bonds. The van der Waals surface area contributed by atoms with Crippen molar-refractivity contribution in [1.29, 1.82) is 0 Å². The van der Waals surface area contributed by atoms with Crippen LogP contribution >= 0.6 is 12.4 Å². The van der Waals surface area contributed by atoms with Gasteiger partial charge in [0.05, 0.1) is 5.92 Å². The Morgan fingerprint density at radius 2 is 1.48 bits per heavy atom. The van der Waals surface area contributed by atoms with Crippen molar-refractivity contribution in [2.24, 2.45) is 17.8 Å². The summed E-state index contributed by atoms with van der Waals surface area (Å²) in [5.41, 5.74) is 0. The number of nitrogens with zero attached hydrogens (tertiary/aromatic N) is 2. The van der Waals surface area contributed by atoms with Crippen molar-refractivity contribution < 1.29 is 9.59 Å². The lowest BCUT2D eigenvalue weighted by atomic mass is 9.92. The highest BCUT2D eigenvalue weighted by molar-refractivity contribution is 5.85. The first-order valence-electron chi connectivity index (χ1n) is 10.8. The van der Waals surface area contributed by atoms with E-state index in [2.05, 4.69) is 15.5 Å². The van der Waals surface area contributed by atoms with Crippen molar-refractivity contribution in [2.45, 2.75) is 57.4 Å². The fourth-order valence-electron chi connectivity index (χ4n) is 5.40. The van der Waals surface area contributed by atoms with E-state index in [1.807, 2.05) is 4.90 Å². The Balaban J connectivity index is 0.00000210. The van der Waals surface area contributed by atoms with Gasteiger partial charge in [-0.25, -0.2) is 4.79 Å². The second kappa shape index (κ2) is 9.46. The van der Waals surface area contributed by atoms with E-state index in [0.717, 1.165) is 83.1 Å². The molecule has 0 spiro atoms. The number of carbonyl (C=O) groups excluding carboxylic acids is 2. The molecule has 0 radical (unpaired) electrons. The number of hydrogen-bond acceptors (Lipinski definition) is 3. The lowest BCUT2D eigenvalue weighted by molar-refractivity contribution is -0.136. The number of hydrogen-bond donors (Lipinski definition) is 2. The molecule has 4 fully saturated rings. The molecule has 0 aromatic carbocycles. The second-order valence-corrected chi connectivity index (χ2v) is 8.80. The summed E-state index contributed by atoms with van der Waals surface area (Å²) in [6, 6.07) is 0.392. The van der Waals surface area contributed by atoms with Crippen LogP contribution in [0, 0.1) is 17.8 Å². The van der Waals surface area contributed by atoms with Crippen LogP contribution in [0.3, 0.4) is 0 Å². The molecule has 0 aromatic rings. The number of fused-ring (bicyclic) bond motifs is 1. The van der Waals surface area contributed by atoms with Crippen molar-refractivity contribution in [1.82, 2.24) is 20.4 Å². The lowest BCUT2D eigenvalue weighted by Crippen LogP contribution is -2.51. The zero-order chi connectivity index (χ0) is 17.9. The van der Waals surface area contributed by atoms with E-state index in [1.54, 1.807) is 0 Å². The van der Waals surface area contributed by atoms with Crippen LogP contribution in [0.2, 0.25) is 0 Å². The second-order valence-electron chi connectivity index (χ2n) is 8.80. The maximum atomic E-state index is 13.1. The molecule has 0 aromatic heterocycles. The Morgan fingerprint density at radius 1 is 0.815 bits per heavy atom. The average Bonchev–Trinajstić information content (AvgIpc) is 3.30. The van der Waals surface area contributed by atoms with Gasteiger partial charge in [-0.3, -0.25) is 4.79 Å². The highest BCUT2D eigenvalue weighted by Crippen LogP contribution is 2.29. The number of amides is 3. The summed E-state index contributed by atoms with van der Waals surface area (Å²) in [5, 5.41) is 6.67. The van der Waals surface area contributed by atoms with E-state index in [-0.39, 0.29) is 30.3 Å². The standard InChI is InChI=1S/C20H34N4O2.ClH/c25-19(23-10-7-15-12-21-13-16(15)8-11-23)17-4-3-9-24(14-17)20(26)22-18-5-1-2-6-18;/h15-18,21H,1-14H2,(H,22,26);1H/t15-,16+,17?;. The first-order valence-corrected chi connectivity index (χ1v) is 10.8. The van der Waals surface area contributed by atoms with Gasteiger partial charge in [-0.2, -0.15) is 0 Å². The number of likely N-dealkylation sites (tertiary alicyclic amines) is 2. The third-order valence-corrected chi connectivity index (χ3v) is 7.07. The van der Waals surface area contributed by atoms with E-state index < -0.39 is 0 Å². The molecule has 3 saturated heterocycles. The van der Waals surface area contributed by atoms with Crippen LogP contribution in [0.5, 0.6) is 0 Å². The van der Waals surface area contributed by atoms with Crippen LogP contribution in [0.1, 0.15) is 51.4 Å². The Hall–Kier alpha value is -1.01. The molecule has 27 heavy (non-hydrogen) atoms. The molecule has 6 nitrogen and oxygen atoms in total. The summed E-state index contributed by atoms with van der Waals surface area (Å²) < 4.78 is 0. The summed E-state index contributed by atoms with van der Waals surface area (Å²) in [6.07, 6.45) is 8.77. The Morgan fingerprint density at radius 3 is 2.15 bits per heavy atom. The SMILES string of the molecule is Cl.O=C(NC1CCCC1)N1CCCC(C(=O)N2CC[C@@H]3CNC[C@@H]3CC2)C1. The van der Waals surface area contributed by atoms with Gasteiger partial charge in [-0.05, 0) is 63.5 Å². The normalized spacial score (nSPS) is 31.8. The molecule has 1 unspecified atom stereocenters. The van der Waals surface area contributed by atoms with Crippen molar-refractivity contribution in [2.75, 3.05) is 39.3 Å². The van der Waals surface area contributed by atoms with Crippen LogP contribution in [0.15, 0.2) is 0 Å². The lowest BCUT2D eigenvalue weighted by Gasteiger charge is -2.35. The van der Waals surface area contributed by atoms with E-state index in [1.165, 1.54) is 12.8 Å². The van der Waals surface area contributed by atoms with Crippen LogP contribution < -0.4 is 10.6 Å². The number of carbonyl (C=O) groups is 2. The quantitative estimate of drug-likeness (QED) is 0.749. The monoisotopic (exact) mass is 398 g/mol. The number of piperidine rings is 1. The molecule has 154 valence electrons. The van der Waals surface area contributed by atoms with E-state index in [0.29, 0.717) is 12.6 Å².